The fraction of sp³-hybridized carbons (Fsp3) is 1.00. The minimum Gasteiger partial charge on any atom is -0.330 e. The Bertz CT molecular complexity index is 82.9. The first-order chi connectivity index (χ1) is 3.31. The van der Waals surface area contributed by atoms with Gasteiger partial charge in [0.2, 0.25) is 0 Å². The van der Waals surface area contributed by atoms with E-state index in [1.807, 2.05) is 0 Å². The maximum absolute atomic E-state index is 7.77. The van der Waals surface area contributed by atoms with Gasteiger partial charge in [-0.15, -0.1) is 0 Å². The molecule has 0 bridgehead atoms. The molecule has 0 amide bonds. The summed E-state index contributed by atoms with van der Waals surface area (Å²) < 4.78 is 0. The second kappa shape index (κ2) is 3.46. The molecule has 0 spiro atoms. The molecule has 0 heterocycles. The van der Waals surface area contributed by atoms with E-state index in [1.54, 1.807) is 6.92 Å². The lowest BCUT2D eigenvalue weighted by molar-refractivity contribution is 0.745. The van der Waals surface area contributed by atoms with Crippen LogP contribution in [0.2, 0.25) is 0 Å². The number of rotatable bonds is 2. The smallest absolute Gasteiger partial charge is 0.0468 e. The van der Waals surface area contributed by atoms with Gasteiger partial charge in [-0.1, -0.05) is 12.0 Å². The minimum absolute atomic E-state index is 0.0648. The molecule has 0 saturated carbocycles. The van der Waals surface area contributed by atoms with E-state index in [0.717, 1.165) is 0 Å². The largest absolute Gasteiger partial charge is 0.330 e. The van der Waals surface area contributed by atoms with Crippen LogP contribution in [-0.2, 0) is 0 Å². The number of azide groups is 1. The number of nitrogens with two attached hydrogens (primary N) is 1. The third kappa shape index (κ3) is 3.09. The highest BCUT2D eigenvalue weighted by molar-refractivity contribution is 4.58. The van der Waals surface area contributed by atoms with Crippen LogP contribution in [0.4, 0.5) is 0 Å². The molecular formula is C3H8N4. The summed E-state index contributed by atoms with van der Waals surface area (Å²) in [6.07, 6.45) is 0. The molecular weight excluding hydrogens is 92.1 g/mol. The van der Waals surface area contributed by atoms with Crippen LogP contribution in [0.25, 0.3) is 10.4 Å². The van der Waals surface area contributed by atoms with Gasteiger partial charge in [0.05, 0.1) is 0 Å². The Labute approximate surface area is 41.9 Å². The summed E-state index contributed by atoms with van der Waals surface area (Å²) >= 11 is 0. The molecule has 0 saturated heterocycles. The van der Waals surface area contributed by atoms with Gasteiger partial charge in [-0.25, -0.2) is 0 Å². The molecule has 0 radical (unpaired) electrons. The molecule has 0 aliphatic rings. The van der Waals surface area contributed by atoms with Gasteiger partial charge in [0, 0.05) is 17.5 Å². The predicted octanol–water partition coefficient (Wildman–Crippen LogP) is 0.644. The second-order valence-electron chi connectivity index (χ2n) is 1.29. The van der Waals surface area contributed by atoms with E-state index in [2.05, 4.69) is 10.0 Å². The van der Waals surface area contributed by atoms with Crippen LogP contribution in [0.5, 0.6) is 0 Å². The molecule has 4 nitrogen and oxygen atoms in total. The molecule has 0 fully saturated rings. The van der Waals surface area contributed by atoms with Crippen molar-refractivity contribution in [2.24, 2.45) is 10.8 Å². The summed E-state index contributed by atoms with van der Waals surface area (Å²) in [5.41, 5.74) is 12.9. The van der Waals surface area contributed by atoms with Crippen LogP contribution in [0.1, 0.15) is 6.92 Å². The lowest BCUT2D eigenvalue weighted by Gasteiger charge is -1.92. The van der Waals surface area contributed by atoms with E-state index in [-0.39, 0.29) is 6.04 Å². The Kier molecular flexibility index (Phi) is 3.10. The van der Waals surface area contributed by atoms with Crippen LogP contribution < -0.4 is 5.73 Å². The Morgan fingerprint density at radius 2 is 2.57 bits per heavy atom. The first-order valence-corrected chi connectivity index (χ1v) is 2.05. The van der Waals surface area contributed by atoms with Gasteiger partial charge in [-0.05, 0) is 5.53 Å². The number of hydrogen-bond acceptors (Lipinski definition) is 2. The van der Waals surface area contributed by atoms with Crippen LogP contribution in [-0.4, -0.2) is 12.6 Å². The molecule has 2 N–H and O–H groups in total. The molecule has 0 aromatic heterocycles. The van der Waals surface area contributed by atoms with Crippen molar-refractivity contribution in [1.82, 2.24) is 0 Å². The fourth-order valence-electron chi connectivity index (χ4n) is 0.135. The van der Waals surface area contributed by atoms with Crippen molar-refractivity contribution in [2.45, 2.75) is 13.0 Å². The summed E-state index contributed by atoms with van der Waals surface area (Å²) in [7, 11) is 0. The van der Waals surface area contributed by atoms with Crippen molar-refractivity contribution in [2.75, 3.05) is 6.54 Å². The summed E-state index contributed by atoms with van der Waals surface area (Å²) in [4.78, 5) is 2.55. The molecule has 1 atom stereocenters. The van der Waals surface area contributed by atoms with E-state index in [9.17, 15) is 0 Å². The number of nitrogens with zero attached hydrogens (tertiary/aromatic N) is 3. The van der Waals surface area contributed by atoms with Gasteiger partial charge in [-0.2, -0.15) is 0 Å². The van der Waals surface area contributed by atoms with Gasteiger partial charge >= 0.3 is 0 Å². The quantitative estimate of drug-likeness (QED) is 0.308. The average Bonchev–Trinajstić information content (AvgIpc) is 1.68. The van der Waals surface area contributed by atoms with Crippen molar-refractivity contribution >= 4 is 0 Å². The topological polar surface area (TPSA) is 74.8 Å². The van der Waals surface area contributed by atoms with Crippen LogP contribution >= 0.6 is 0 Å². The van der Waals surface area contributed by atoms with Crippen LogP contribution in [0, 0.1) is 0 Å². The van der Waals surface area contributed by atoms with Crippen molar-refractivity contribution < 1.29 is 0 Å². The van der Waals surface area contributed by atoms with E-state index in [1.165, 1.54) is 0 Å². The second-order valence-corrected chi connectivity index (χ2v) is 1.29. The molecule has 0 aliphatic carbocycles. The first kappa shape index (κ1) is 6.27. The van der Waals surface area contributed by atoms with E-state index < -0.39 is 0 Å². The Morgan fingerprint density at radius 1 is 2.00 bits per heavy atom. The third-order valence-corrected chi connectivity index (χ3v) is 0.590. The predicted molar refractivity (Wildman–Crippen MR) is 27.7 cm³/mol. The standard InChI is InChI=1S/C3H8N4/c1-3(2-4)6-7-5/h3H,2,4H2,1H3. The zero-order valence-corrected chi connectivity index (χ0v) is 4.20. The summed E-state index contributed by atoms with van der Waals surface area (Å²) in [6.45, 7) is 2.18. The van der Waals surface area contributed by atoms with Crippen LogP contribution in [0.15, 0.2) is 5.11 Å². The highest BCUT2D eigenvalue weighted by atomic mass is 15.1. The molecule has 7 heavy (non-hydrogen) atoms. The lowest BCUT2D eigenvalue weighted by atomic mass is 10.4. The van der Waals surface area contributed by atoms with E-state index >= 15 is 0 Å². The minimum atomic E-state index is -0.0648. The van der Waals surface area contributed by atoms with Gasteiger partial charge < -0.3 is 5.73 Å². The van der Waals surface area contributed by atoms with Crippen molar-refractivity contribution in [3.8, 4) is 0 Å². The van der Waals surface area contributed by atoms with Crippen LogP contribution in [0.3, 0.4) is 0 Å². The Balaban J connectivity index is 3.35. The monoisotopic (exact) mass is 100 g/mol. The Hall–Kier alpha value is -0.730. The summed E-state index contributed by atoms with van der Waals surface area (Å²) in [6, 6.07) is -0.0648. The molecule has 0 aromatic rings. The molecule has 40 valence electrons. The molecule has 1 unspecified atom stereocenters. The highest BCUT2D eigenvalue weighted by Crippen LogP contribution is 1.82. The fourth-order valence-corrected chi connectivity index (χ4v) is 0.135. The molecule has 0 rings (SSSR count). The van der Waals surface area contributed by atoms with Gasteiger partial charge in [0.15, 0.2) is 0 Å². The molecule has 4 heteroatoms. The zero-order valence-electron chi connectivity index (χ0n) is 4.20. The molecule has 0 aromatic carbocycles. The van der Waals surface area contributed by atoms with Crippen molar-refractivity contribution in [1.29, 1.82) is 0 Å². The van der Waals surface area contributed by atoms with E-state index in [0.29, 0.717) is 6.54 Å². The maximum atomic E-state index is 7.77. The summed E-state index contributed by atoms with van der Waals surface area (Å²) in [5.74, 6) is 0. The third-order valence-electron chi connectivity index (χ3n) is 0.590. The molecule has 0 aliphatic heterocycles. The average molecular weight is 100 g/mol. The normalized spacial score (nSPS) is 12.3. The first-order valence-electron chi connectivity index (χ1n) is 2.05. The lowest BCUT2D eigenvalue weighted by Crippen LogP contribution is -2.12. The van der Waals surface area contributed by atoms with Crippen molar-refractivity contribution in [3.63, 3.8) is 0 Å². The Morgan fingerprint density at radius 3 is 2.71 bits per heavy atom. The van der Waals surface area contributed by atoms with Gasteiger partial charge in [0.1, 0.15) is 0 Å². The van der Waals surface area contributed by atoms with Crippen molar-refractivity contribution in [3.05, 3.63) is 10.4 Å². The van der Waals surface area contributed by atoms with Gasteiger partial charge in [0.25, 0.3) is 0 Å². The zero-order chi connectivity index (χ0) is 5.70. The van der Waals surface area contributed by atoms with Gasteiger partial charge in [-0.3, -0.25) is 0 Å². The maximum Gasteiger partial charge on any atom is 0.0468 e. The number of hydrogen-bond donors (Lipinski definition) is 1. The highest BCUT2D eigenvalue weighted by Gasteiger charge is 1.88. The van der Waals surface area contributed by atoms with E-state index in [4.69, 9.17) is 11.3 Å². The SMILES string of the molecule is CC(CN)N=[N+]=[N-]. The summed E-state index contributed by atoms with van der Waals surface area (Å²) in [5, 5.41) is 3.30.